The monoisotopic (exact) mass is 369 g/mol. The van der Waals surface area contributed by atoms with Crippen molar-refractivity contribution in [3.05, 3.63) is 39.9 Å². The van der Waals surface area contributed by atoms with Gasteiger partial charge in [0.1, 0.15) is 5.54 Å². The lowest BCUT2D eigenvalue weighted by Gasteiger charge is -2.65. The first-order chi connectivity index (χ1) is 12.8. The lowest BCUT2D eigenvalue weighted by molar-refractivity contribution is -0.385. The number of hydrogen-bond acceptors (Lipinski definition) is 4. The molecule has 0 radical (unpaired) electrons. The first kappa shape index (κ1) is 17.2. The van der Waals surface area contributed by atoms with E-state index in [4.69, 9.17) is 0 Å². The normalized spacial score (nSPS) is 36.7. The Labute approximate surface area is 159 Å². The summed E-state index contributed by atoms with van der Waals surface area (Å²) in [4.78, 5) is 23.8. The zero-order chi connectivity index (χ0) is 18.9. The average Bonchev–Trinajstić information content (AvgIpc) is 2.62. The fourth-order valence-corrected chi connectivity index (χ4v) is 6.53. The predicted molar refractivity (Wildman–Crippen MR) is 100 cm³/mol. The smallest absolute Gasteiger partial charge is 0.269 e. The third-order valence-electron chi connectivity index (χ3n) is 7.55. The molecule has 1 amide bonds. The quantitative estimate of drug-likeness (QED) is 0.599. The summed E-state index contributed by atoms with van der Waals surface area (Å²) in [5.41, 5.74) is 0.455. The van der Waals surface area contributed by atoms with Crippen LogP contribution in [0, 0.1) is 33.8 Å². The average molecular weight is 369 g/mol. The van der Waals surface area contributed by atoms with Crippen molar-refractivity contribution in [3.63, 3.8) is 0 Å². The van der Waals surface area contributed by atoms with Gasteiger partial charge < -0.3 is 0 Å². The molecule has 6 nitrogen and oxygen atoms in total. The SMILES string of the molecule is CC1(C)C(=O)N(C2C3CC4CC(C3)CC2C4)N1Cc1cccc([N+](=O)[O-])c1. The van der Waals surface area contributed by atoms with Gasteiger partial charge in [-0.05, 0) is 75.2 Å². The molecule has 4 bridgehead atoms. The van der Waals surface area contributed by atoms with Gasteiger partial charge in [0.2, 0.25) is 0 Å². The van der Waals surface area contributed by atoms with Crippen molar-refractivity contribution < 1.29 is 9.72 Å². The van der Waals surface area contributed by atoms with Gasteiger partial charge in [0.25, 0.3) is 11.6 Å². The van der Waals surface area contributed by atoms with E-state index in [1.807, 2.05) is 24.9 Å². The molecule has 1 aliphatic heterocycles. The molecular weight excluding hydrogens is 342 g/mol. The fourth-order valence-electron chi connectivity index (χ4n) is 6.53. The number of benzene rings is 1. The van der Waals surface area contributed by atoms with E-state index in [2.05, 4.69) is 5.01 Å². The minimum atomic E-state index is -0.542. The molecule has 0 N–H and O–H groups in total. The van der Waals surface area contributed by atoms with Gasteiger partial charge in [0.05, 0.1) is 11.0 Å². The van der Waals surface area contributed by atoms with Crippen LogP contribution in [0.2, 0.25) is 0 Å². The lowest BCUT2D eigenvalue weighted by Crippen LogP contribution is -2.79. The predicted octanol–water partition coefficient (Wildman–Crippen LogP) is 3.76. The van der Waals surface area contributed by atoms with E-state index in [1.165, 1.54) is 38.2 Å². The van der Waals surface area contributed by atoms with Gasteiger partial charge in [-0.15, -0.1) is 0 Å². The number of amides is 1. The molecule has 0 spiro atoms. The first-order valence-corrected chi connectivity index (χ1v) is 10.2. The van der Waals surface area contributed by atoms with Crippen LogP contribution in [0.3, 0.4) is 0 Å². The molecule has 144 valence electrons. The maximum atomic E-state index is 13.1. The number of rotatable bonds is 4. The van der Waals surface area contributed by atoms with E-state index >= 15 is 0 Å². The summed E-state index contributed by atoms with van der Waals surface area (Å²) in [6.45, 7) is 4.49. The molecule has 1 aromatic rings. The minimum absolute atomic E-state index is 0.110. The summed E-state index contributed by atoms with van der Waals surface area (Å²) >= 11 is 0. The summed E-state index contributed by atoms with van der Waals surface area (Å²) in [6.07, 6.45) is 6.48. The van der Waals surface area contributed by atoms with Crippen molar-refractivity contribution in [2.45, 2.75) is 64.1 Å². The molecule has 5 aliphatic rings. The highest BCUT2D eigenvalue weighted by Crippen LogP contribution is 2.57. The standard InChI is InChI=1S/C21H27N3O3/c1-21(2)20(25)23(19-16-7-14-6-15(9-16)10-17(19)8-14)22(21)12-13-4-3-5-18(11-13)24(26)27/h3-5,11,14-17,19H,6-10,12H2,1-2H3. The summed E-state index contributed by atoms with van der Waals surface area (Å²) in [5.74, 6) is 3.23. The van der Waals surface area contributed by atoms with Crippen LogP contribution in [0.5, 0.6) is 0 Å². The number of nitrogens with zero attached hydrogens (tertiary/aromatic N) is 3. The van der Waals surface area contributed by atoms with Gasteiger partial charge >= 0.3 is 0 Å². The Balaban J connectivity index is 1.42. The Morgan fingerprint density at radius 1 is 1.11 bits per heavy atom. The second-order valence-corrected chi connectivity index (χ2v) is 9.61. The lowest BCUT2D eigenvalue weighted by atomic mass is 9.53. The summed E-state index contributed by atoms with van der Waals surface area (Å²) in [6, 6.07) is 7.13. The molecule has 5 fully saturated rings. The van der Waals surface area contributed by atoms with Crippen molar-refractivity contribution >= 4 is 11.6 Å². The van der Waals surface area contributed by atoms with Crippen molar-refractivity contribution in [2.75, 3.05) is 0 Å². The van der Waals surface area contributed by atoms with Crippen molar-refractivity contribution in [2.24, 2.45) is 23.7 Å². The Bertz CT molecular complexity index is 778. The van der Waals surface area contributed by atoms with Crippen LogP contribution in [-0.4, -0.2) is 32.4 Å². The number of carbonyl (C=O) groups excluding carboxylic acids is 1. The number of carbonyl (C=O) groups is 1. The second kappa shape index (κ2) is 5.77. The van der Waals surface area contributed by atoms with Crippen LogP contribution in [0.1, 0.15) is 51.5 Å². The molecule has 4 saturated carbocycles. The zero-order valence-electron chi connectivity index (χ0n) is 16.0. The number of hydrazine groups is 1. The topological polar surface area (TPSA) is 66.7 Å². The van der Waals surface area contributed by atoms with Gasteiger partial charge in [-0.1, -0.05) is 12.1 Å². The van der Waals surface area contributed by atoms with Crippen LogP contribution in [0.4, 0.5) is 5.69 Å². The fraction of sp³-hybridized carbons (Fsp3) is 0.667. The third-order valence-corrected chi connectivity index (χ3v) is 7.55. The summed E-state index contributed by atoms with van der Waals surface area (Å²) in [7, 11) is 0. The van der Waals surface area contributed by atoms with Gasteiger partial charge in [-0.2, -0.15) is 5.01 Å². The van der Waals surface area contributed by atoms with E-state index in [9.17, 15) is 14.9 Å². The molecule has 0 unspecified atom stereocenters. The van der Waals surface area contributed by atoms with Gasteiger partial charge in [0.15, 0.2) is 0 Å². The van der Waals surface area contributed by atoms with Crippen molar-refractivity contribution in [3.8, 4) is 0 Å². The molecule has 0 atom stereocenters. The molecule has 4 aliphatic carbocycles. The Morgan fingerprint density at radius 2 is 1.74 bits per heavy atom. The van der Waals surface area contributed by atoms with E-state index in [0.29, 0.717) is 24.4 Å². The van der Waals surface area contributed by atoms with Crippen LogP contribution in [0.15, 0.2) is 24.3 Å². The molecular formula is C21H27N3O3. The number of nitro groups is 1. The van der Waals surface area contributed by atoms with Crippen molar-refractivity contribution in [1.29, 1.82) is 0 Å². The van der Waals surface area contributed by atoms with Gasteiger partial charge in [-0.3, -0.25) is 19.9 Å². The highest BCUT2D eigenvalue weighted by atomic mass is 16.6. The molecule has 6 heteroatoms. The molecule has 0 aromatic heterocycles. The largest absolute Gasteiger partial charge is 0.271 e. The number of nitro benzene ring substituents is 1. The summed E-state index contributed by atoms with van der Waals surface area (Å²) < 4.78 is 0. The maximum Gasteiger partial charge on any atom is 0.269 e. The van der Waals surface area contributed by atoms with Gasteiger partial charge in [-0.25, -0.2) is 0 Å². The zero-order valence-corrected chi connectivity index (χ0v) is 16.0. The van der Waals surface area contributed by atoms with Crippen LogP contribution in [0.25, 0.3) is 0 Å². The second-order valence-electron chi connectivity index (χ2n) is 9.61. The van der Waals surface area contributed by atoms with E-state index in [0.717, 1.165) is 17.4 Å². The van der Waals surface area contributed by atoms with Crippen LogP contribution >= 0.6 is 0 Å². The Morgan fingerprint density at radius 3 is 2.33 bits per heavy atom. The molecule has 27 heavy (non-hydrogen) atoms. The molecule has 6 rings (SSSR count). The van der Waals surface area contributed by atoms with E-state index < -0.39 is 5.54 Å². The minimum Gasteiger partial charge on any atom is -0.271 e. The highest BCUT2D eigenvalue weighted by molar-refractivity contribution is 5.90. The van der Waals surface area contributed by atoms with Gasteiger partial charge in [0, 0.05) is 18.7 Å². The number of non-ortho nitro benzene ring substituents is 1. The van der Waals surface area contributed by atoms with E-state index in [1.54, 1.807) is 12.1 Å². The molecule has 1 aromatic carbocycles. The Hall–Kier alpha value is -1.95. The van der Waals surface area contributed by atoms with Crippen LogP contribution in [-0.2, 0) is 11.3 Å². The highest BCUT2D eigenvalue weighted by Gasteiger charge is 2.60. The third kappa shape index (κ3) is 2.53. The number of hydrogen-bond donors (Lipinski definition) is 0. The van der Waals surface area contributed by atoms with Crippen LogP contribution < -0.4 is 0 Å². The molecule has 1 heterocycles. The molecule has 1 saturated heterocycles. The Kier molecular flexibility index (Phi) is 3.67. The van der Waals surface area contributed by atoms with E-state index in [-0.39, 0.29) is 16.5 Å². The first-order valence-electron chi connectivity index (χ1n) is 10.2. The summed E-state index contributed by atoms with van der Waals surface area (Å²) in [5, 5.41) is 15.3. The van der Waals surface area contributed by atoms with Crippen molar-refractivity contribution in [1.82, 2.24) is 10.0 Å². The maximum absolute atomic E-state index is 13.1.